The minimum Gasteiger partial charge on any atom is -0.353 e. The van der Waals surface area contributed by atoms with E-state index in [0.29, 0.717) is 6.54 Å². The van der Waals surface area contributed by atoms with Crippen LogP contribution < -0.4 is 10.2 Å². The lowest BCUT2D eigenvalue weighted by atomic mass is 10.2. The van der Waals surface area contributed by atoms with E-state index in [1.54, 1.807) is 0 Å². The van der Waals surface area contributed by atoms with E-state index in [1.165, 1.54) is 5.56 Å². The minimum atomic E-state index is 0. The monoisotopic (exact) mass is 517 g/mol. The number of aromatic nitrogens is 3. The minimum absolute atomic E-state index is 0. The smallest absolute Gasteiger partial charge is 0.194 e. The zero-order valence-corrected chi connectivity index (χ0v) is 19.5. The molecule has 0 spiro atoms. The Bertz CT molecular complexity index is 919. The summed E-state index contributed by atoms with van der Waals surface area (Å²) in [5.74, 6) is 2.96. The molecule has 0 unspecified atom stereocenters. The van der Waals surface area contributed by atoms with Gasteiger partial charge < -0.3 is 19.7 Å². The molecular weight excluding hydrogens is 489 g/mol. The van der Waals surface area contributed by atoms with Crippen molar-refractivity contribution >= 4 is 35.8 Å². The number of rotatable bonds is 5. The number of benzene rings is 1. The summed E-state index contributed by atoms with van der Waals surface area (Å²) >= 11 is 0. The van der Waals surface area contributed by atoms with Gasteiger partial charge in [0.2, 0.25) is 0 Å². The molecule has 3 heterocycles. The van der Waals surface area contributed by atoms with Crippen LogP contribution >= 0.6 is 24.0 Å². The largest absolute Gasteiger partial charge is 0.353 e. The quantitative estimate of drug-likeness (QED) is 0.321. The molecule has 0 saturated carbocycles. The molecule has 0 aliphatic carbocycles. The first kappa shape index (κ1) is 22.1. The summed E-state index contributed by atoms with van der Waals surface area (Å²) in [5, 5.41) is 3.48. The number of hydrogen-bond donors (Lipinski definition) is 1. The van der Waals surface area contributed by atoms with Crippen LogP contribution in [0.3, 0.4) is 0 Å². The Morgan fingerprint density at radius 3 is 2.43 bits per heavy atom. The van der Waals surface area contributed by atoms with Crippen molar-refractivity contribution in [3.63, 3.8) is 0 Å². The molecule has 1 N–H and O–H groups in total. The maximum Gasteiger partial charge on any atom is 0.194 e. The van der Waals surface area contributed by atoms with E-state index in [1.807, 2.05) is 43.8 Å². The van der Waals surface area contributed by atoms with Crippen LogP contribution in [0.5, 0.6) is 0 Å². The fourth-order valence-corrected chi connectivity index (χ4v) is 3.61. The molecule has 0 radical (unpaired) electrons. The molecule has 2 aromatic heterocycles. The molecule has 1 saturated heterocycles. The lowest BCUT2D eigenvalue weighted by molar-refractivity contribution is 0.370. The van der Waals surface area contributed by atoms with E-state index in [4.69, 9.17) is 0 Å². The number of nitrogens with zero attached hydrogens (tertiary/aromatic N) is 6. The zero-order valence-electron chi connectivity index (χ0n) is 17.2. The van der Waals surface area contributed by atoms with Crippen molar-refractivity contribution in [3.05, 3.63) is 78.5 Å². The van der Waals surface area contributed by atoms with Gasteiger partial charge in [0, 0.05) is 58.4 Å². The van der Waals surface area contributed by atoms with E-state index in [-0.39, 0.29) is 24.0 Å². The third kappa shape index (κ3) is 5.50. The van der Waals surface area contributed by atoms with E-state index in [0.717, 1.165) is 50.3 Å². The second-order valence-corrected chi connectivity index (χ2v) is 7.02. The summed E-state index contributed by atoms with van der Waals surface area (Å²) < 4.78 is 2.18. The molecule has 1 aliphatic heterocycles. The highest BCUT2D eigenvalue weighted by atomic mass is 127. The van der Waals surface area contributed by atoms with Gasteiger partial charge in [-0.2, -0.15) is 0 Å². The Morgan fingerprint density at radius 1 is 0.967 bits per heavy atom. The van der Waals surface area contributed by atoms with Crippen LogP contribution in [0.25, 0.3) is 0 Å². The van der Waals surface area contributed by atoms with E-state index in [2.05, 4.69) is 65.0 Å². The average molecular weight is 517 g/mol. The third-order valence-electron chi connectivity index (χ3n) is 5.17. The van der Waals surface area contributed by atoms with Crippen molar-refractivity contribution in [2.45, 2.75) is 13.1 Å². The zero-order chi connectivity index (χ0) is 19.9. The molecular formula is C22H28IN7. The van der Waals surface area contributed by atoms with Crippen molar-refractivity contribution in [2.24, 2.45) is 4.99 Å². The van der Waals surface area contributed by atoms with Crippen LogP contribution in [-0.2, 0) is 13.1 Å². The predicted molar refractivity (Wildman–Crippen MR) is 131 cm³/mol. The number of aliphatic imine (C=N–C) groups is 1. The van der Waals surface area contributed by atoms with Crippen LogP contribution in [0.2, 0.25) is 0 Å². The van der Waals surface area contributed by atoms with Gasteiger partial charge in [0.1, 0.15) is 11.6 Å². The summed E-state index contributed by atoms with van der Waals surface area (Å²) in [7, 11) is 1.84. The third-order valence-corrected chi connectivity index (χ3v) is 5.17. The second-order valence-electron chi connectivity index (χ2n) is 7.02. The molecule has 8 heteroatoms. The Kier molecular flexibility index (Phi) is 8.06. The summed E-state index contributed by atoms with van der Waals surface area (Å²) in [6.07, 6.45) is 5.73. The first-order valence-electron chi connectivity index (χ1n) is 9.99. The van der Waals surface area contributed by atoms with Crippen molar-refractivity contribution in [2.75, 3.05) is 38.1 Å². The molecule has 0 bridgehead atoms. The second kappa shape index (κ2) is 11.0. The molecule has 4 rings (SSSR count). The van der Waals surface area contributed by atoms with Gasteiger partial charge in [-0.1, -0.05) is 36.4 Å². The van der Waals surface area contributed by atoms with Crippen molar-refractivity contribution < 1.29 is 0 Å². The molecule has 158 valence electrons. The van der Waals surface area contributed by atoms with Crippen LogP contribution in [0.1, 0.15) is 11.4 Å². The number of anilines is 1. The molecule has 1 aliphatic rings. The van der Waals surface area contributed by atoms with Crippen LogP contribution in [0, 0.1) is 0 Å². The highest BCUT2D eigenvalue weighted by molar-refractivity contribution is 14.0. The molecule has 1 aromatic carbocycles. The first-order chi connectivity index (χ1) is 14.3. The van der Waals surface area contributed by atoms with Crippen LogP contribution in [0.4, 0.5) is 5.82 Å². The number of hydrogen-bond acceptors (Lipinski definition) is 4. The fraction of sp³-hybridized carbons (Fsp3) is 0.318. The Balaban J connectivity index is 0.00000256. The Morgan fingerprint density at radius 2 is 1.73 bits per heavy atom. The lowest BCUT2D eigenvalue weighted by Crippen LogP contribution is -2.52. The van der Waals surface area contributed by atoms with Crippen molar-refractivity contribution in [1.29, 1.82) is 0 Å². The topological polar surface area (TPSA) is 61.6 Å². The van der Waals surface area contributed by atoms with Gasteiger partial charge >= 0.3 is 0 Å². The molecule has 7 nitrogen and oxygen atoms in total. The maximum absolute atomic E-state index is 4.53. The molecule has 0 atom stereocenters. The SMILES string of the molecule is CN=C(NCc1nccn1Cc1ccccc1)N1CCN(c2ccccn2)CC1.I. The van der Waals surface area contributed by atoms with Crippen LogP contribution in [-0.4, -0.2) is 58.6 Å². The van der Waals surface area contributed by atoms with Gasteiger partial charge in [0.05, 0.1) is 6.54 Å². The molecule has 0 amide bonds. The number of guanidine groups is 1. The Labute approximate surface area is 194 Å². The summed E-state index contributed by atoms with van der Waals surface area (Å²) in [6, 6.07) is 16.5. The number of pyridine rings is 1. The van der Waals surface area contributed by atoms with Crippen molar-refractivity contribution in [3.8, 4) is 0 Å². The van der Waals surface area contributed by atoms with E-state index >= 15 is 0 Å². The summed E-state index contributed by atoms with van der Waals surface area (Å²) in [6.45, 7) is 5.15. The van der Waals surface area contributed by atoms with Crippen molar-refractivity contribution in [1.82, 2.24) is 24.8 Å². The number of halogens is 1. The van der Waals surface area contributed by atoms with Gasteiger partial charge in [0.25, 0.3) is 0 Å². The number of piperazine rings is 1. The molecule has 3 aromatic rings. The maximum atomic E-state index is 4.53. The highest BCUT2D eigenvalue weighted by Crippen LogP contribution is 2.13. The molecule has 30 heavy (non-hydrogen) atoms. The average Bonchev–Trinajstić information content (AvgIpc) is 3.23. The molecule has 1 fully saturated rings. The summed E-state index contributed by atoms with van der Waals surface area (Å²) in [4.78, 5) is 18.1. The number of nitrogens with one attached hydrogen (secondary N) is 1. The summed E-state index contributed by atoms with van der Waals surface area (Å²) in [5.41, 5.74) is 1.27. The standard InChI is InChI=1S/C22H27N7.HI/c1-23-22(28-15-13-27(14-16-28)20-9-5-6-10-24-20)26-17-21-25-11-12-29(21)18-19-7-3-2-4-8-19;/h2-12H,13-18H2,1H3,(H,23,26);1H. The first-order valence-corrected chi connectivity index (χ1v) is 9.99. The fourth-order valence-electron chi connectivity index (χ4n) is 3.61. The normalized spacial score (nSPS) is 14.4. The Hall–Kier alpha value is -2.62. The van der Waals surface area contributed by atoms with Gasteiger partial charge in [-0.05, 0) is 17.7 Å². The van der Waals surface area contributed by atoms with Crippen LogP contribution in [0.15, 0.2) is 72.1 Å². The van der Waals surface area contributed by atoms with E-state index < -0.39 is 0 Å². The van der Waals surface area contributed by atoms with Gasteiger partial charge in [-0.25, -0.2) is 9.97 Å². The predicted octanol–water partition coefficient (Wildman–Crippen LogP) is 2.84. The van der Waals surface area contributed by atoms with Gasteiger partial charge in [-0.15, -0.1) is 24.0 Å². The van der Waals surface area contributed by atoms with E-state index in [9.17, 15) is 0 Å². The highest BCUT2D eigenvalue weighted by Gasteiger charge is 2.20. The van der Waals surface area contributed by atoms with Gasteiger partial charge in [-0.3, -0.25) is 4.99 Å². The lowest BCUT2D eigenvalue weighted by Gasteiger charge is -2.37. The van der Waals surface area contributed by atoms with Gasteiger partial charge in [0.15, 0.2) is 5.96 Å². The number of imidazole rings is 1.